The molecule has 110 valence electrons. The predicted molar refractivity (Wildman–Crippen MR) is 76.8 cm³/mol. The van der Waals surface area contributed by atoms with Crippen LogP contribution in [-0.2, 0) is 9.47 Å². The summed E-state index contributed by atoms with van der Waals surface area (Å²) in [4.78, 5) is 23.8. The van der Waals surface area contributed by atoms with E-state index in [0.717, 1.165) is 0 Å². The van der Waals surface area contributed by atoms with Crippen molar-refractivity contribution in [2.75, 3.05) is 13.7 Å². The zero-order chi connectivity index (χ0) is 15.4. The number of hydrogen-bond acceptors (Lipinski definition) is 6. The second kappa shape index (κ2) is 6.49. The highest BCUT2D eigenvalue weighted by Gasteiger charge is 2.25. The normalized spacial score (nSPS) is 10.2. The molecular weight excluding hydrogens is 342 g/mol. The SMILES string of the molecule is CCOC(=O)c1n[nH]nc1-c1c(Br)cccc1C(=O)OC. The Morgan fingerprint density at radius 2 is 2.05 bits per heavy atom. The molecule has 0 fully saturated rings. The molecule has 2 rings (SSSR count). The third-order valence-electron chi connectivity index (χ3n) is 2.67. The summed E-state index contributed by atoms with van der Waals surface area (Å²) in [7, 11) is 1.28. The summed E-state index contributed by atoms with van der Waals surface area (Å²) in [5, 5.41) is 10.1. The number of nitrogens with zero attached hydrogens (tertiary/aromatic N) is 2. The Hall–Kier alpha value is -2.22. The summed E-state index contributed by atoms with van der Waals surface area (Å²) in [6.07, 6.45) is 0. The number of methoxy groups -OCH3 is 1. The van der Waals surface area contributed by atoms with Crippen molar-refractivity contribution in [1.82, 2.24) is 15.4 Å². The van der Waals surface area contributed by atoms with Gasteiger partial charge in [0.2, 0.25) is 0 Å². The van der Waals surface area contributed by atoms with E-state index >= 15 is 0 Å². The lowest BCUT2D eigenvalue weighted by atomic mass is 10.0. The van der Waals surface area contributed by atoms with Crippen LogP contribution in [0.5, 0.6) is 0 Å². The monoisotopic (exact) mass is 353 g/mol. The Bertz CT molecular complexity index is 684. The fourth-order valence-corrected chi connectivity index (χ4v) is 2.35. The third-order valence-corrected chi connectivity index (χ3v) is 3.33. The second-order valence-corrected chi connectivity index (χ2v) is 4.75. The van der Waals surface area contributed by atoms with Crippen molar-refractivity contribution in [1.29, 1.82) is 0 Å². The quantitative estimate of drug-likeness (QED) is 0.846. The van der Waals surface area contributed by atoms with Gasteiger partial charge in [0.15, 0.2) is 5.69 Å². The standard InChI is InChI=1S/C13H12BrN3O4/c1-3-21-13(19)11-10(15-17-16-11)9-7(12(18)20-2)5-4-6-8(9)14/h4-6H,3H2,1-2H3,(H,15,16,17). The van der Waals surface area contributed by atoms with Crippen LogP contribution >= 0.6 is 15.9 Å². The van der Waals surface area contributed by atoms with Gasteiger partial charge >= 0.3 is 11.9 Å². The molecular formula is C13H12BrN3O4. The van der Waals surface area contributed by atoms with Crippen LogP contribution in [0, 0.1) is 0 Å². The molecule has 0 aliphatic heterocycles. The fourth-order valence-electron chi connectivity index (χ4n) is 1.79. The molecule has 0 amide bonds. The average Bonchev–Trinajstić information content (AvgIpc) is 2.95. The number of benzene rings is 1. The number of rotatable bonds is 4. The molecule has 2 aromatic rings. The summed E-state index contributed by atoms with van der Waals surface area (Å²) in [6, 6.07) is 4.99. The van der Waals surface area contributed by atoms with E-state index in [1.54, 1.807) is 25.1 Å². The van der Waals surface area contributed by atoms with Gasteiger partial charge in [0.1, 0.15) is 5.69 Å². The van der Waals surface area contributed by atoms with Gasteiger partial charge in [0.25, 0.3) is 0 Å². The van der Waals surface area contributed by atoms with Gasteiger partial charge in [0, 0.05) is 10.0 Å². The Morgan fingerprint density at radius 1 is 1.29 bits per heavy atom. The molecule has 1 N–H and O–H groups in total. The third kappa shape index (κ3) is 2.94. The van der Waals surface area contributed by atoms with E-state index in [-0.39, 0.29) is 23.6 Å². The molecule has 1 aromatic heterocycles. The maximum Gasteiger partial charge on any atom is 0.361 e. The first-order chi connectivity index (χ1) is 10.1. The van der Waals surface area contributed by atoms with E-state index in [9.17, 15) is 9.59 Å². The lowest BCUT2D eigenvalue weighted by molar-refractivity contribution is 0.0518. The summed E-state index contributed by atoms with van der Waals surface area (Å²) >= 11 is 3.35. The van der Waals surface area contributed by atoms with Crippen LogP contribution in [0.2, 0.25) is 0 Å². The lowest BCUT2D eigenvalue weighted by Crippen LogP contribution is -2.09. The molecule has 1 heterocycles. The molecule has 21 heavy (non-hydrogen) atoms. The molecule has 8 heteroatoms. The van der Waals surface area contributed by atoms with Crippen molar-refractivity contribution in [2.45, 2.75) is 6.92 Å². The van der Waals surface area contributed by atoms with Gasteiger partial charge in [-0.1, -0.05) is 22.0 Å². The fraction of sp³-hybridized carbons (Fsp3) is 0.231. The van der Waals surface area contributed by atoms with Crippen LogP contribution < -0.4 is 0 Å². The van der Waals surface area contributed by atoms with E-state index in [4.69, 9.17) is 9.47 Å². The molecule has 0 aliphatic carbocycles. The van der Waals surface area contributed by atoms with Crippen LogP contribution in [-0.4, -0.2) is 41.1 Å². The summed E-state index contributed by atoms with van der Waals surface area (Å²) in [6.45, 7) is 1.90. The number of H-pyrrole nitrogens is 1. The van der Waals surface area contributed by atoms with Crippen molar-refractivity contribution >= 4 is 27.9 Å². The first kappa shape index (κ1) is 15.2. The zero-order valence-electron chi connectivity index (χ0n) is 11.3. The largest absolute Gasteiger partial charge is 0.465 e. The number of esters is 2. The van der Waals surface area contributed by atoms with Crippen LogP contribution in [0.25, 0.3) is 11.3 Å². The van der Waals surface area contributed by atoms with Crippen molar-refractivity contribution in [3.8, 4) is 11.3 Å². The van der Waals surface area contributed by atoms with Crippen molar-refractivity contribution in [3.63, 3.8) is 0 Å². The maximum atomic E-state index is 11.9. The zero-order valence-corrected chi connectivity index (χ0v) is 12.9. The smallest absolute Gasteiger partial charge is 0.361 e. The average molecular weight is 354 g/mol. The first-order valence-corrected chi connectivity index (χ1v) is 6.84. The van der Waals surface area contributed by atoms with Crippen LogP contribution in [0.3, 0.4) is 0 Å². The Kier molecular flexibility index (Phi) is 4.69. The number of aromatic nitrogens is 3. The van der Waals surface area contributed by atoms with Crippen LogP contribution in [0.15, 0.2) is 22.7 Å². The summed E-state index contributed by atoms with van der Waals surface area (Å²) < 4.78 is 10.3. The first-order valence-electron chi connectivity index (χ1n) is 6.05. The molecule has 1 aromatic carbocycles. The van der Waals surface area contributed by atoms with E-state index in [0.29, 0.717) is 10.0 Å². The van der Waals surface area contributed by atoms with Gasteiger partial charge in [-0.3, -0.25) is 0 Å². The Labute approximate surface area is 128 Å². The molecule has 0 aliphatic rings. The van der Waals surface area contributed by atoms with E-state index < -0.39 is 11.9 Å². The number of ether oxygens (including phenoxy) is 2. The minimum atomic E-state index is -0.618. The molecule has 0 unspecified atom stereocenters. The number of halogens is 1. The summed E-state index contributed by atoms with van der Waals surface area (Å²) in [5.41, 5.74) is 0.919. The van der Waals surface area contributed by atoms with Gasteiger partial charge < -0.3 is 9.47 Å². The summed E-state index contributed by atoms with van der Waals surface area (Å²) in [5.74, 6) is -1.16. The number of aromatic amines is 1. The molecule has 0 radical (unpaired) electrons. The molecule has 0 saturated carbocycles. The minimum Gasteiger partial charge on any atom is -0.465 e. The molecule has 0 atom stereocenters. The molecule has 0 spiro atoms. The lowest BCUT2D eigenvalue weighted by Gasteiger charge is -2.08. The number of nitrogens with one attached hydrogen (secondary N) is 1. The molecule has 7 nitrogen and oxygen atoms in total. The highest BCUT2D eigenvalue weighted by atomic mass is 79.9. The predicted octanol–water partition coefficient (Wildman–Crippen LogP) is 2.20. The highest BCUT2D eigenvalue weighted by molar-refractivity contribution is 9.10. The van der Waals surface area contributed by atoms with Gasteiger partial charge in [-0.05, 0) is 19.1 Å². The molecule has 0 bridgehead atoms. The van der Waals surface area contributed by atoms with Gasteiger partial charge in [-0.2, -0.15) is 10.3 Å². The topological polar surface area (TPSA) is 94.2 Å². The van der Waals surface area contributed by atoms with Crippen LogP contribution in [0.4, 0.5) is 0 Å². The maximum absolute atomic E-state index is 11.9. The van der Waals surface area contributed by atoms with Gasteiger partial charge in [-0.25, -0.2) is 9.59 Å². The second-order valence-electron chi connectivity index (χ2n) is 3.90. The Morgan fingerprint density at radius 3 is 2.71 bits per heavy atom. The van der Waals surface area contributed by atoms with Gasteiger partial charge in [0.05, 0.1) is 19.3 Å². The van der Waals surface area contributed by atoms with Crippen LogP contribution in [0.1, 0.15) is 27.8 Å². The van der Waals surface area contributed by atoms with Gasteiger partial charge in [-0.15, -0.1) is 5.10 Å². The minimum absolute atomic E-state index is 0.00824. The Balaban J connectivity index is 2.60. The number of hydrogen-bond donors (Lipinski definition) is 1. The van der Waals surface area contributed by atoms with E-state index in [2.05, 4.69) is 31.3 Å². The highest BCUT2D eigenvalue weighted by Crippen LogP contribution is 2.32. The number of carbonyl (C=O) groups excluding carboxylic acids is 2. The molecule has 0 saturated heterocycles. The van der Waals surface area contributed by atoms with Crippen molar-refractivity contribution in [2.24, 2.45) is 0 Å². The van der Waals surface area contributed by atoms with Crippen molar-refractivity contribution in [3.05, 3.63) is 33.9 Å². The van der Waals surface area contributed by atoms with E-state index in [1.165, 1.54) is 7.11 Å². The van der Waals surface area contributed by atoms with Crippen molar-refractivity contribution < 1.29 is 19.1 Å². The van der Waals surface area contributed by atoms with E-state index in [1.807, 2.05) is 0 Å². The number of carbonyl (C=O) groups is 2.